The van der Waals surface area contributed by atoms with Crippen LogP contribution < -0.4 is 10.0 Å². The molecule has 2 aromatic heterocycles. The highest BCUT2D eigenvalue weighted by molar-refractivity contribution is 7.89. The van der Waals surface area contributed by atoms with Crippen LogP contribution in [-0.4, -0.2) is 51.7 Å². The maximum Gasteiger partial charge on any atom is 0.307 e. The Hall–Kier alpha value is -2.90. The highest BCUT2D eigenvalue weighted by atomic mass is 32.2. The fourth-order valence-corrected chi connectivity index (χ4v) is 3.95. The number of anilines is 1. The van der Waals surface area contributed by atoms with Crippen molar-refractivity contribution in [2.75, 3.05) is 18.5 Å². The van der Waals surface area contributed by atoms with E-state index in [0.29, 0.717) is 22.5 Å². The third-order valence-corrected chi connectivity index (χ3v) is 5.78. The molecule has 0 saturated heterocycles. The van der Waals surface area contributed by atoms with Crippen molar-refractivity contribution < 1.29 is 22.7 Å². The molecule has 0 radical (unpaired) electrons. The van der Waals surface area contributed by atoms with Crippen molar-refractivity contribution in [1.29, 1.82) is 0 Å². The Morgan fingerprint density at radius 2 is 2.07 bits per heavy atom. The molecule has 154 valence electrons. The predicted molar refractivity (Wildman–Crippen MR) is 105 cm³/mol. The molecule has 3 rings (SSSR count). The first kappa shape index (κ1) is 20.8. The Labute approximate surface area is 170 Å². The number of hydrogen-bond acceptors (Lipinski definition) is 9. The number of carbonyl (C=O) groups excluding carboxylic acids is 2. The standard InChI is InChI=1S/C16H18N6O5S2/c1-10-18-14(8-22(10)2)29(25,26)17-7-6-15(24)27-9-13(23)19-11-4-3-5-12-16(11)21-28-20-12/h3-5,8,17H,6-7,9H2,1-2H3,(H,19,23). The van der Waals surface area contributed by atoms with Crippen LogP contribution in [0.25, 0.3) is 11.0 Å². The summed E-state index contributed by atoms with van der Waals surface area (Å²) in [4.78, 5) is 27.7. The van der Waals surface area contributed by atoms with Crippen LogP contribution in [0, 0.1) is 6.92 Å². The molecule has 0 spiro atoms. The van der Waals surface area contributed by atoms with Crippen molar-refractivity contribution >= 4 is 50.3 Å². The minimum Gasteiger partial charge on any atom is -0.456 e. The van der Waals surface area contributed by atoms with Gasteiger partial charge < -0.3 is 14.6 Å². The summed E-state index contributed by atoms with van der Waals surface area (Å²) in [6.07, 6.45) is 1.14. The van der Waals surface area contributed by atoms with Crippen LogP contribution in [0.3, 0.4) is 0 Å². The lowest BCUT2D eigenvalue weighted by atomic mass is 10.2. The van der Waals surface area contributed by atoms with Gasteiger partial charge in [0.15, 0.2) is 11.6 Å². The molecular weight excluding hydrogens is 420 g/mol. The predicted octanol–water partition coefficient (Wildman–Crippen LogP) is 0.584. The number of hydrogen-bond donors (Lipinski definition) is 2. The van der Waals surface area contributed by atoms with Crippen LogP contribution in [0.4, 0.5) is 5.69 Å². The smallest absolute Gasteiger partial charge is 0.307 e. The lowest BCUT2D eigenvalue weighted by Gasteiger charge is -2.07. The number of imidazole rings is 1. The van der Waals surface area contributed by atoms with E-state index in [4.69, 9.17) is 4.74 Å². The molecule has 0 aliphatic rings. The lowest BCUT2D eigenvalue weighted by molar-refractivity contribution is -0.147. The number of aryl methyl sites for hydroxylation is 2. The molecule has 2 heterocycles. The molecule has 29 heavy (non-hydrogen) atoms. The summed E-state index contributed by atoms with van der Waals surface area (Å²) in [6.45, 7) is 0.994. The molecule has 1 aromatic carbocycles. The Morgan fingerprint density at radius 3 is 2.79 bits per heavy atom. The minimum atomic E-state index is -3.83. The summed E-state index contributed by atoms with van der Waals surface area (Å²) in [7, 11) is -2.15. The normalized spacial score (nSPS) is 11.5. The first-order chi connectivity index (χ1) is 13.8. The van der Waals surface area contributed by atoms with Gasteiger partial charge in [0.05, 0.1) is 23.8 Å². The molecule has 0 bridgehead atoms. The molecule has 0 aliphatic heterocycles. The summed E-state index contributed by atoms with van der Waals surface area (Å²) < 4.78 is 41.1. The number of aromatic nitrogens is 4. The van der Waals surface area contributed by atoms with Crippen molar-refractivity contribution in [2.24, 2.45) is 7.05 Å². The van der Waals surface area contributed by atoms with E-state index in [1.54, 1.807) is 36.7 Å². The van der Waals surface area contributed by atoms with Gasteiger partial charge in [0.25, 0.3) is 15.9 Å². The molecule has 13 heteroatoms. The van der Waals surface area contributed by atoms with Crippen LogP contribution in [0.15, 0.2) is 29.4 Å². The second-order valence-corrected chi connectivity index (χ2v) is 8.27. The lowest BCUT2D eigenvalue weighted by Crippen LogP contribution is -2.28. The Bertz CT molecular complexity index is 1130. The van der Waals surface area contributed by atoms with Gasteiger partial charge >= 0.3 is 5.97 Å². The number of nitrogens with zero attached hydrogens (tertiary/aromatic N) is 4. The maximum atomic E-state index is 12.1. The van der Waals surface area contributed by atoms with Gasteiger partial charge in [-0.15, -0.1) is 0 Å². The summed E-state index contributed by atoms with van der Waals surface area (Å²) in [6, 6.07) is 5.15. The molecule has 1 amide bonds. The number of esters is 1. The first-order valence-corrected chi connectivity index (χ1v) is 10.6. The van der Waals surface area contributed by atoms with Crippen LogP contribution >= 0.6 is 11.7 Å². The Morgan fingerprint density at radius 1 is 1.28 bits per heavy atom. The second kappa shape index (κ2) is 8.63. The van der Waals surface area contributed by atoms with Gasteiger partial charge in [-0.05, 0) is 19.1 Å². The molecular formula is C16H18N6O5S2. The van der Waals surface area contributed by atoms with Crippen LogP contribution in [0.2, 0.25) is 0 Å². The molecule has 2 N–H and O–H groups in total. The van der Waals surface area contributed by atoms with E-state index in [1.165, 1.54) is 6.20 Å². The topological polar surface area (TPSA) is 145 Å². The fourth-order valence-electron chi connectivity index (χ4n) is 2.33. The zero-order valence-electron chi connectivity index (χ0n) is 15.6. The van der Waals surface area contributed by atoms with Crippen molar-refractivity contribution in [3.8, 4) is 0 Å². The summed E-state index contributed by atoms with van der Waals surface area (Å²) >= 11 is 1.03. The van der Waals surface area contributed by atoms with E-state index in [1.807, 2.05) is 0 Å². The molecule has 0 fully saturated rings. The molecule has 0 unspecified atom stereocenters. The number of fused-ring (bicyclic) bond motifs is 1. The minimum absolute atomic E-state index is 0.129. The van der Waals surface area contributed by atoms with Crippen LogP contribution in [0.1, 0.15) is 12.2 Å². The Balaban J connectivity index is 1.44. The van der Waals surface area contributed by atoms with Gasteiger partial charge in [-0.3, -0.25) is 9.59 Å². The van der Waals surface area contributed by atoms with Gasteiger partial charge in [-0.2, -0.15) is 8.75 Å². The average molecular weight is 438 g/mol. The number of rotatable bonds is 8. The van der Waals surface area contributed by atoms with E-state index >= 15 is 0 Å². The van der Waals surface area contributed by atoms with Crippen LogP contribution in [-0.2, 0) is 31.4 Å². The summed E-state index contributed by atoms with van der Waals surface area (Å²) in [5, 5.41) is 2.47. The second-order valence-electron chi connectivity index (χ2n) is 6.03. The maximum absolute atomic E-state index is 12.1. The van der Waals surface area contributed by atoms with Gasteiger partial charge in [0.1, 0.15) is 16.9 Å². The Kier molecular flexibility index (Phi) is 6.20. The largest absolute Gasteiger partial charge is 0.456 e. The number of nitrogens with one attached hydrogen (secondary N) is 2. The van der Waals surface area contributed by atoms with Gasteiger partial charge in [-0.25, -0.2) is 18.1 Å². The molecule has 0 saturated carbocycles. The van der Waals surface area contributed by atoms with Crippen molar-refractivity contribution in [3.63, 3.8) is 0 Å². The molecule has 11 nitrogen and oxygen atoms in total. The van der Waals surface area contributed by atoms with E-state index in [0.717, 1.165) is 11.7 Å². The molecule has 0 aliphatic carbocycles. The number of ether oxygens (including phenoxy) is 1. The van der Waals surface area contributed by atoms with Gasteiger partial charge in [0, 0.05) is 19.8 Å². The van der Waals surface area contributed by atoms with E-state index in [2.05, 4.69) is 23.8 Å². The number of benzene rings is 1. The number of sulfonamides is 1. The average Bonchev–Trinajstić information content (AvgIpc) is 3.28. The molecule has 0 atom stereocenters. The van der Waals surface area contributed by atoms with Gasteiger partial charge in [-0.1, -0.05) is 6.07 Å². The first-order valence-electron chi connectivity index (χ1n) is 8.42. The monoisotopic (exact) mass is 438 g/mol. The third kappa shape index (κ3) is 5.13. The summed E-state index contributed by atoms with van der Waals surface area (Å²) in [5.41, 5.74) is 1.67. The number of carbonyl (C=O) groups is 2. The van der Waals surface area contributed by atoms with Crippen molar-refractivity contribution in [2.45, 2.75) is 18.4 Å². The van der Waals surface area contributed by atoms with Crippen LogP contribution in [0.5, 0.6) is 0 Å². The van der Waals surface area contributed by atoms with E-state index < -0.39 is 28.5 Å². The fraction of sp³-hybridized carbons (Fsp3) is 0.312. The molecule has 3 aromatic rings. The van der Waals surface area contributed by atoms with E-state index in [9.17, 15) is 18.0 Å². The number of amides is 1. The highest BCUT2D eigenvalue weighted by Gasteiger charge is 2.19. The zero-order chi connectivity index (χ0) is 21.0. The third-order valence-electron chi connectivity index (χ3n) is 3.91. The van der Waals surface area contributed by atoms with Crippen molar-refractivity contribution in [3.05, 3.63) is 30.2 Å². The quantitative estimate of drug-likeness (QED) is 0.486. The van der Waals surface area contributed by atoms with E-state index in [-0.39, 0.29) is 18.0 Å². The zero-order valence-corrected chi connectivity index (χ0v) is 17.2. The van der Waals surface area contributed by atoms with Gasteiger partial charge in [0.2, 0.25) is 0 Å². The summed E-state index contributed by atoms with van der Waals surface area (Å²) in [5.74, 6) is -0.711. The highest BCUT2D eigenvalue weighted by Crippen LogP contribution is 2.20. The van der Waals surface area contributed by atoms with Crippen molar-refractivity contribution in [1.82, 2.24) is 23.0 Å². The SMILES string of the molecule is Cc1nc(S(=O)(=O)NCCC(=O)OCC(=O)Nc2cccc3nsnc23)cn1C.